The third-order valence-corrected chi connectivity index (χ3v) is 6.21. The fraction of sp³-hybridized carbons (Fsp3) is 0.455. The number of amides is 1. The van der Waals surface area contributed by atoms with Crippen molar-refractivity contribution >= 4 is 23.4 Å². The molecule has 8 heteroatoms. The predicted molar refractivity (Wildman–Crippen MR) is 117 cm³/mol. The molecule has 3 heterocycles. The SMILES string of the molecule is Cc1cc(C)n2nc(SCc3ccccc3C(=O)N3CCO[C@@H](C(C)C)C3)nc2n1. The highest BCUT2D eigenvalue weighted by Gasteiger charge is 2.27. The van der Waals surface area contributed by atoms with Gasteiger partial charge in [-0.2, -0.15) is 4.98 Å². The quantitative estimate of drug-likeness (QED) is 0.583. The van der Waals surface area contributed by atoms with Gasteiger partial charge in [0, 0.05) is 35.8 Å². The van der Waals surface area contributed by atoms with E-state index in [-0.39, 0.29) is 12.0 Å². The zero-order valence-corrected chi connectivity index (χ0v) is 18.6. The molecule has 158 valence electrons. The monoisotopic (exact) mass is 425 g/mol. The van der Waals surface area contributed by atoms with Crippen LogP contribution in [0.4, 0.5) is 0 Å². The van der Waals surface area contributed by atoms with Crippen LogP contribution in [0.1, 0.15) is 41.2 Å². The van der Waals surface area contributed by atoms with E-state index in [1.54, 1.807) is 4.52 Å². The lowest BCUT2D eigenvalue weighted by Crippen LogP contribution is -2.47. The summed E-state index contributed by atoms with van der Waals surface area (Å²) in [6.07, 6.45) is 0.0885. The van der Waals surface area contributed by atoms with Gasteiger partial charge in [-0.25, -0.2) is 9.50 Å². The molecule has 0 unspecified atom stereocenters. The van der Waals surface area contributed by atoms with E-state index < -0.39 is 0 Å². The Balaban J connectivity index is 1.51. The second-order valence-corrected chi connectivity index (χ2v) is 8.94. The Morgan fingerprint density at radius 3 is 2.87 bits per heavy atom. The lowest BCUT2D eigenvalue weighted by Gasteiger charge is -2.35. The van der Waals surface area contributed by atoms with Crippen molar-refractivity contribution in [3.05, 3.63) is 52.8 Å². The molecule has 7 nitrogen and oxygen atoms in total. The third-order valence-electron chi connectivity index (χ3n) is 5.33. The summed E-state index contributed by atoms with van der Waals surface area (Å²) in [6.45, 7) is 10.0. The van der Waals surface area contributed by atoms with E-state index in [0.29, 0.717) is 42.3 Å². The average molecular weight is 426 g/mol. The maximum absolute atomic E-state index is 13.2. The number of carbonyl (C=O) groups excluding carboxylic acids is 1. The van der Waals surface area contributed by atoms with E-state index in [2.05, 4.69) is 28.9 Å². The number of hydrogen-bond donors (Lipinski definition) is 0. The largest absolute Gasteiger partial charge is 0.374 e. The van der Waals surface area contributed by atoms with Crippen LogP contribution in [0.3, 0.4) is 0 Å². The van der Waals surface area contributed by atoms with Crippen molar-refractivity contribution < 1.29 is 9.53 Å². The first-order valence-corrected chi connectivity index (χ1v) is 11.2. The molecule has 30 heavy (non-hydrogen) atoms. The Kier molecular flexibility index (Phi) is 6.06. The van der Waals surface area contributed by atoms with Crippen LogP contribution >= 0.6 is 11.8 Å². The van der Waals surface area contributed by atoms with Gasteiger partial charge in [0.25, 0.3) is 11.7 Å². The second-order valence-electron chi connectivity index (χ2n) is 8.00. The topological polar surface area (TPSA) is 72.6 Å². The first-order chi connectivity index (χ1) is 14.4. The molecule has 1 amide bonds. The number of nitrogens with zero attached hydrogens (tertiary/aromatic N) is 5. The van der Waals surface area contributed by atoms with Gasteiger partial charge in [-0.3, -0.25) is 4.79 Å². The summed E-state index contributed by atoms with van der Waals surface area (Å²) in [5.74, 6) is 1.67. The molecule has 0 N–H and O–H groups in total. The molecule has 0 radical (unpaired) electrons. The van der Waals surface area contributed by atoms with Crippen molar-refractivity contribution in [3.63, 3.8) is 0 Å². The van der Waals surface area contributed by atoms with Crippen LogP contribution in [0.5, 0.6) is 0 Å². The zero-order chi connectivity index (χ0) is 21.3. The molecule has 1 aromatic carbocycles. The molecule has 1 atom stereocenters. The van der Waals surface area contributed by atoms with Gasteiger partial charge in [-0.1, -0.05) is 43.8 Å². The summed E-state index contributed by atoms with van der Waals surface area (Å²) in [7, 11) is 0. The van der Waals surface area contributed by atoms with Gasteiger partial charge in [0.1, 0.15) is 0 Å². The molecule has 3 aromatic rings. The maximum atomic E-state index is 13.2. The first kappa shape index (κ1) is 20.8. The molecule has 0 saturated carbocycles. The third kappa shape index (κ3) is 4.34. The molecule has 2 aromatic heterocycles. The zero-order valence-electron chi connectivity index (χ0n) is 17.8. The number of benzene rings is 1. The summed E-state index contributed by atoms with van der Waals surface area (Å²) in [5.41, 5.74) is 3.65. The van der Waals surface area contributed by atoms with E-state index in [1.165, 1.54) is 11.8 Å². The summed E-state index contributed by atoms with van der Waals surface area (Å²) in [5, 5.41) is 5.21. The van der Waals surface area contributed by atoms with Gasteiger partial charge >= 0.3 is 0 Å². The van der Waals surface area contributed by atoms with E-state index in [4.69, 9.17) is 4.74 Å². The van der Waals surface area contributed by atoms with Crippen molar-refractivity contribution in [3.8, 4) is 0 Å². The Bertz CT molecular complexity index is 1060. The van der Waals surface area contributed by atoms with Crippen LogP contribution in [-0.2, 0) is 10.5 Å². The van der Waals surface area contributed by atoms with Crippen molar-refractivity contribution in [2.75, 3.05) is 19.7 Å². The minimum Gasteiger partial charge on any atom is -0.374 e. The van der Waals surface area contributed by atoms with Crippen LogP contribution in [0.15, 0.2) is 35.5 Å². The molecule has 1 fully saturated rings. The van der Waals surface area contributed by atoms with Gasteiger partial charge in [0.05, 0.1) is 12.7 Å². The van der Waals surface area contributed by atoms with E-state index in [1.807, 2.05) is 49.1 Å². The van der Waals surface area contributed by atoms with E-state index >= 15 is 0 Å². The maximum Gasteiger partial charge on any atom is 0.254 e. The van der Waals surface area contributed by atoms with Crippen molar-refractivity contribution in [2.45, 2.75) is 44.7 Å². The molecular weight excluding hydrogens is 398 g/mol. The number of aromatic nitrogens is 4. The van der Waals surface area contributed by atoms with Gasteiger partial charge in [-0.15, -0.1) is 5.10 Å². The van der Waals surface area contributed by atoms with Crippen molar-refractivity contribution in [1.82, 2.24) is 24.5 Å². The number of hydrogen-bond acceptors (Lipinski definition) is 6. The molecule has 4 rings (SSSR count). The van der Waals surface area contributed by atoms with Crippen molar-refractivity contribution in [1.29, 1.82) is 0 Å². The van der Waals surface area contributed by atoms with Crippen LogP contribution in [-0.4, -0.2) is 56.2 Å². The lowest BCUT2D eigenvalue weighted by molar-refractivity contribution is -0.0421. The molecule has 1 saturated heterocycles. The summed E-state index contributed by atoms with van der Waals surface area (Å²) >= 11 is 1.52. The highest BCUT2D eigenvalue weighted by Crippen LogP contribution is 2.24. The van der Waals surface area contributed by atoms with Crippen LogP contribution in [0, 0.1) is 19.8 Å². The summed E-state index contributed by atoms with van der Waals surface area (Å²) in [4.78, 5) is 24.1. The Hall–Kier alpha value is -2.45. The number of rotatable bonds is 5. The van der Waals surface area contributed by atoms with Crippen LogP contribution in [0.25, 0.3) is 5.78 Å². The lowest BCUT2D eigenvalue weighted by atomic mass is 10.0. The van der Waals surface area contributed by atoms with Gasteiger partial charge < -0.3 is 9.64 Å². The van der Waals surface area contributed by atoms with E-state index in [9.17, 15) is 4.79 Å². The van der Waals surface area contributed by atoms with E-state index in [0.717, 1.165) is 22.5 Å². The standard InChI is InChI=1S/C22H27N5O2S/c1-14(2)19-12-26(9-10-29-19)20(28)18-8-6-5-7-17(18)13-30-22-24-21-23-15(3)11-16(4)27(21)25-22/h5-8,11,14,19H,9-10,12-13H2,1-4H3/t19-/m1/s1. The Morgan fingerprint density at radius 1 is 1.27 bits per heavy atom. The number of fused-ring (bicyclic) bond motifs is 1. The van der Waals surface area contributed by atoms with Crippen molar-refractivity contribution in [2.24, 2.45) is 5.92 Å². The Labute approximate surface area is 180 Å². The molecule has 1 aliphatic rings. The van der Waals surface area contributed by atoms with Crippen LogP contribution < -0.4 is 0 Å². The fourth-order valence-electron chi connectivity index (χ4n) is 3.64. The van der Waals surface area contributed by atoms with Gasteiger partial charge in [0.15, 0.2) is 0 Å². The van der Waals surface area contributed by atoms with Gasteiger partial charge in [0.2, 0.25) is 5.16 Å². The number of carbonyl (C=O) groups is 1. The smallest absolute Gasteiger partial charge is 0.254 e. The molecule has 0 bridgehead atoms. The summed E-state index contributed by atoms with van der Waals surface area (Å²) < 4.78 is 7.57. The van der Waals surface area contributed by atoms with Gasteiger partial charge in [-0.05, 0) is 37.5 Å². The molecule has 0 aliphatic carbocycles. The Morgan fingerprint density at radius 2 is 2.07 bits per heavy atom. The average Bonchev–Trinajstić information content (AvgIpc) is 3.15. The number of morpholine rings is 1. The minimum atomic E-state index is 0.0660. The minimum absolute atomic E-state index is 0.0660. The normalized spacial score (nSPS) is 17.1. The van der Waals surface area contributed by atoms with Crippen LogP contribution in [0.2, 0.25) is 0 Å². The number of ether oxygens (including phenoxy) is 1. The fourth-order valence-corrected chi connectivity index (χ4v) is 4.46. The number of thioether (sulfide) groups is 1. The first-order valence-electron chi connectivity index (χ1n) is 10.2. The predicted octanol–water partition coefficient (Wildman–Crippen LogP) is 3.53. The highest BCUT2D eigenvalue weighted by atomic mass is 32.2. The number of aryl methyl sites for hydroxylation is 2. The molecular formula is C22H27N5O2S. The highest BCUT2D eigenvalue weighted by molar-refractivity contribution is 7.98. The molecule has 1 aliphatic heterocycles. The molecule has 0 spiro atoms. The second kappa shape index (κ2) is 8.73. The summed E-state index contributed by atoms with van der Waals surface area (Å²) in [6, 6.07) is 9.78.